The molecule has 0 aromatic heterocycles. The fourth-order valence-corrected chi connectivity index (χ4v) is 3.45. The van der Waals surface area contributed by atoms with Crippen LogP contribution in [0.15, 0.2) is 27.6 Å². The highest BCUT2D eigenvalue weighted by Crippen LogP contribution is 2.38. The molecule has 0 radical (unpaired) electrons. The maximum absolute atomic E-state index is 12.1. The third kappa shape index (κ3) is 3.82. The molecule has 0 unspecified atom stereocenters. The Morgan fingerprint density at radius 3 is 2.57 bits per heavy atom. The van der Waals surface area contributed by atoms with Gasteiger partial charge < -0.3 is 10.1 Å². The van der Waals surface area contributed by atoms with Crippen LogP contribution in [0.25, 0.3) is 0 Å². The Labute approximate surface area is 132 Å². The molecular formula is C13H17BrN2O4S. The lowest BCUT2D eigenvalue weighted by Gasteiger charge is -2.39. The molecule has 0 atom stereocenters. The van der Waals surface area contributed by atoms with Gasteiger partial charge in [-0.25, -0.2) is 13.6 Å². The molecule has 0 spiro atoms. The van der Waals surface area contributed by atoms with Crippen LogP contribution in [0.2, 0.25) is 0 Å². The number of carbonyl (C=O) groups is 1. The van der Waals surface area contributed by atoms with Gasteiger partial charge in [0.1, 0.15) is 0 Å². The summed E-state index contributed by atoms with van der Waals surface area (Å²) in [5, 5.41) is 7.80. The molecule has 0 heterocycles. The molecular weight excluding hydrogens is 360 g/mol. The Hall–Kier alpha value is -0.960. The number of rotatable bonds is 5. The lowest BCUT2D eigenvalue weighted by atomic mass is 9.77. The summed E-state index contributed by atoms with van der Waals surface area (Å²) in [7, 11) is -2.15. The van der Waals surface area contributed by atoms with E-state index in [2.05, 4.69) is 21.2 Å². The topological polar surface area (TPSA) is 98.5 Å². The second kappa shape index (κ2) is 6.04. The highest BCUT2D eigenvalue weighted by Gasteiger charge is 2.39. The second-order valence-corrected chi connectivity index (χ2v) is 7.57. The Morgan fingerprint density at radius 1 is 1.48 bits per heavy atom. The predicted molar refractivity (Wildman–Crippen MR) is 82.4 cm³/mol. The van der Waals surface area contributed by atoms with E-state index in [-0.39, 0.29) is 22.8 Å². The minimum absolute atomic E-state index is 0.0141. The van der Waals surface area contributed by atoms with E-state index >= 15 is 0 Å². The first-order valence-electron chi connectivity index (χ1n) is 6.43. The number of hydrogen-bond acceptors (Lipinski definition) is 4. The second-order valence-electron chi connectivity index (χ2n) is 5.15. The van der Waals surface area contributed by atoms with Crippen molar-refractivity contribution in [2.45, 2.75) is 36.2 Å². The predicted octanol–water partition coefficient (Wildman–Crippen LogP) is 1.99. The van der Waals surface area contributed by atoms with E-state index < -0.39 is 10.0 Å². The van der Waals surface area contributed by atoms with Crippen LogP contribution >= 0.6 is 15.9 Å². The van der Waals surface area contributed by atoms with Crippen LogP contribution in [0.3, 0.4) is 0 Å². The molecule has 6 nitrogen and oxygen atoms in total. The molecule has 2 rings (SSSR count). The highest BCUT2D eigenvalue weighted by molar-refractivity contribution is 9.10. The fraction of sp³-hybridized carbons (Fsp3) is 0.462. The van der Waals surface area contributed by atoms with Crippen molar-refractivity contribution in [1.29, 1.82) is 0 Å². The van der Waals surface area contributed by atoms with E-state index in [1.807, 2.05) is 0 Å². The van der Waals surface area contributed by atoms with E-state index in [1.54, 1.807) is 7.11 Å². The van der Waals surface area contributed by atoms with Gasteiger partial charge in [0.15, 0.2) is 0 Å². The van der Waals surface area contributed by atoms with E-state index in [0.29, 0.717) is 10.2 Å². The SMILES string of the molecule is COC1(CC(=O)Nc2ccc(S(N)(=O)=O)cc2Br)CCC1. The molecule has 8 heteroatoms. The summed E-state index contributed by atoms with van der Waals surface area (Å²) >= 11 is 3.23. The zero-order valence-electron chi connectivity index (χ0n) is 11.6. The minimum Gasteiger partial charge on any atom is -0.378 e. The number of benzene rings is 1. The lowest BCUT2D eigenvalue weighted by molar-refractivity contribution is -0.129. The Bertz CT molecular complexity index is 651. The van der Waals surface area contributed by atoms with Crippen molar-refractivity contribution in [2.75, 3.05) is 12.4 Å². The van der Waals surface area contributed by atoms with Crippen molar-refractivity contribution in [3.8, 4) is 0 Å². The largest absolute Gasteiger partial charge is 0.378 e. The third-order valence-electron chi connectivity index (χ3n) is 3.72. The first-order valence-corrected chi connectivity index (χ1v) is 8.77. The number of anilines is 1. The number of methoxy groups -OCH3 is 1. The van der Waals surface area contributed by atoms with Crippen molar-refractivity contribution in [3.63, 3.8) is 0 Å². The average molecular weight is 377 g/mol. The zero-order chi connectivity index (χ0) is 15.7. The van der Waals surface area contributed by atoms with Crippen molar-refractivity contribution in [1.82, 2.24) is 0 Å². The summed E-state index contributed by atoms with van der Waals surface area (Å²) in [6.07, 6.45) is 3.10. The van der Waals surface area contributed by atoms with E-state index in [4.69, 9.17) is 9.88 Å². The van der Waals surface area contributed by atoms with Gasteiger partial charge in [-0.15, -0.1) is 0 Å². The molecule has 1 aliphatic rings. The van der Waals surface area contributed by atoms with Gasteiger partial charge in [-0.05, 0) is 53.4 Å². The first-order chi connectivity index (χ1) is 9.76. The molecule has 1 aromatic rings. The van der Waals surface area contributed by atoms with Gasteiger partial charge in [0.05, 0.1) is 22.6 Å². The summed E-state index contributed by atoms with van der Waals surface area (Å²) in [6, 6.07) is 4.22. The summed E-state index contributed by atoms with van der Waals surface area (Å²) in [5.74, 6) is -0.166. The monoisotopic (exact) mass is 376 g/mol. The van der Waals surface area contributed by atoms with E-state index in [9.17, 15) is 13.2 Å². The molecule has 21 heavy (non-hydrogen) atoms. The van der Waals surface area contributed by atoms with Crippen LogP contribution < -0.4 is 10.5 Å². The number of primary sulfonamides is 1. The number of carbonyl (C=O) groups excluding carboxylic acids is 1. The van der Waals surface area contributed by atoms with Crippen LogP contribution in [0, 0.1) is 0 Å². The van der Waals surface area contributed by atoms with Crippen LogP contribution in [-0.2, 0) is 19.6 Å². The Kier molecular flexibility index (Phi) is 4.72. The van der Waals surface area contributed by atoms with E-state index in [1.165, 1.54) is 18.2 Å². The first kappa shape index (κ1) is 16.4. The highest BCUT2D eigenvalue weighted by atomic mass is 79.9. The van der Waals surface area contributed by atoms with Crippen LogP contribution in [0.1, 0.15) is 25.7 Å². The number of ether oxygens (including phenoxy) is 1. The standard InChI is InChI=1S/C13H17BrN2O4S/c1-20-13(5-2-6-13)8-12(17)16-11-4-3-9(7-10(11)14)21(15,18)19/h3-4,7H,2,5-6,8H2,1H3,(H,16,17)(H2,15,18,19). The molecule has 116 valence electrons. The Balaban J connectivity index is 2.08. The number of nitrogens with one attached hydrogen (secondary N) is 1. The number of nitrogens with two attached hydrogens (primary N) is 1. The van der Waals surface area contributed by atoms with Gasteiger partial charge in [0, 0.05) is 11.6 Å². The van der Waals surface area contributed by atoms with Crippen LogP contribution in [0.4, 0.5) is 5.69 Å². The number of halogens is 1. The molecule has 0 saturated heterocycles. The average Bonchev–Trinajstić information content (AvgIpc) is 2.35. The molecule has 0 aliphatic heterocycles. The lowest BCUT2D eigenvalue weighted by Crippen LogP contribution is -2.42. The summed E-state index contributed by atoms with van der Waals surface area (Å²) < 4.78 is 28.4. The van der Waals surface area contributed by atoms with Crippen molar-refractivity contribution < 1.29 is 17.9 Å². The maximum Gasteiger partial charge on any atom is 0.238 e. The number of hydrogen-bond donors (Lipinski definition) is 2. The zero-order valence-corrected chi connectivity index (χ0v) is 14.0. The third-order valence-corrected chi connectivity index (χ3v) is 5.29. The maximum atomic E-state index is 12.1. The van der Waals surface area contributed by atoms with E-state index in [0.717, 1.165) is 19.3 Å². The fourth-order valence-electron chi connectivity index (χ4n) is 2.29. The normalized spacial score (nSPS) is 17.1. The summed E-state index contributed by atoms with van der Waals surface area (Å²) in [4.78, 5) is 12.0. The molecule has 0 bridgehead atoms. The Morgan fingerprint density at radius 2 is 2.14 bits per heavy atom. The summed E-state index contributed by atoms with van der Waals surface area (Å²) in [6.45, 7) is 0. The van der Waals surface area contributed by atoms with Gasteiger partial charge in [0.25, 0.3) is 0 Å². The quantitative estimate of drug-likeness (QED) is 0.820. The van der Waals surface area contributed by atoms with Gasteiger partial charge in [-0.3, -0.25) is 4.79 Å². The van der Waals surface area contributed by atoms with Gasteiger partial charge in [0.2, 0.25) is 15.9 Å². The van der Waals surface area contributed by atoms with Gasteiger partial charge in [-0.2, -0.15) is 0 Å². The number of sulfonamides is 1. The van der Waals surface area contributed by atoms with Crippen molar-refractivity contribution in [2.24, 2.45) is 5.14 Å². The van der Waals surface area contributed by atoms with Crippen molar-refractivity contribution >= 4 is 37.5 Å². The number of amides is 1. The summed E-state index contributed by atoms with van der Waals surface area (Å²) in [5.41, 5.74) is 0.148. The smallest absolute Gasteiger partial charge is 0.238 e. The molecule has 1 amide bonds. The molecule has 3 N–H and O–H groups in total. The van der Waals surface area contributed by atoms with Gasteiger partial charge >= 0.3 is 0 Å². The molecule has 1 aliphatic carbocycles. The molecule has 1 aromatic carbocycles. The molecule has 1 saturated carbocycles. The van der Waals surface area contributed by atoms with Crippen molar-refractivity contribution in [3.05, 3.63) is 22.7 Å². The van der Waals surface area contributed by atoms with Gasteiger partial charge in [-0.1, -0.05) is 0 Å². The van der Waals surface area contributed by atoms with Crippen LogP contribution in [0.5, 0.6) is 0 Å². The minimum atomic E-state index is -3.76. The molecule has 1 fully saturated rings. The van der Waals surface area contributed by atoms with Crippen LogP contribution in [-0.4, -0.2) is 27.0 Å².